The third-order valence-corrected chi connectivity index (χ3v) is 11.1. The number of aliphatic hydroxyl groups excluding tert-OH is 1. The fourth-order valence-electron chi connectivity index (χ4n) is 7.09. The Bertz CT molecular complexity index is 2110. The average molecular weight is 1040 g/mol. The van der Waals surface area contributed by atoms with Gasteiger partial charge >= 0.3 is 5.97 Å². The molecule has 0 bridgehead atoms. The predicted molar refractivity (Wildman–Crippen MR) is 262 cm³/mol. The lowest BCUT2D eigenvalue weighted by Crippen LogP contribution is -2.60. The van der Waals surface area contributed by atoms with Gasteiger partial charge in [-0.2, -0.15) is 0 Å². The van der Waals surface area contributed by atoms with Gasteiger partial charge in [-0.3, -0.25) is 43.3 Å². The number of carbonyl (C=O) groups is 9. The van der Waals surface area contributed by atoms with Crippen LogP contribution < -0.4 is 72.0 Å². The number of unbranched alkanes of at least 4 members (excludes halogenated alkanes) is 2. The number of likely N-dealkylation sites (tertiary alicyclic amines) is 1. The molecule has 1 aliphatic rings. The molecule has 0 spiro atoms. The second-order valence-electron chi connectivity index (χ2n) is 17.0. The summed E-state index contributed by atoms with van der Waals surface area (Å²) in [5.41, 5.74) is 38.3. The molecule has 8 amide bonds. The van der Waals surface area contributed by atoms with Crippen LogP contribution in [0.2, 0.25) is 0 Å². The second kappa shape index (κ2) is 32.9. The van der Waals surface area contributed by atoms with Crippen LogP contribution in [0.15, 0.2) is 34.3 Å². The van der Waals surface area contributed by atoms with Gasteiger partial charge in [0, 0.05) is 37.8 Å². The lowest BCUT2D eigenvalue weighted by atomic mass is 10.1. The van der Waals surface area contributed by atoms with Crippen molar-refractivity contribution >= 4 is 64.9 Å². The van der Waals surface area contributed by atoms with Crippen molar-refractivity contribution in [2.75, 3.05) is 45.8 Å². The van der Waals surface area contributed by atoms with Gasteiger partial charge in [0.2, 0.25) is 35.4 Å². The van der Waals surface area contributed by atoms with Crippen molar-refractivity contribution < 1.29 is 57.8 Å². The summed E-state index contributed by atoms with van der Waals surface area (Å²) in [4.78, 5) is 135. The number of nitrogens with one attached hydrogen (secondary N) is 7. The van der Waals surface area contributed by atoms with E-state index in [2.05, 4.69) is 51.9 Å². The number of nitrogens with zero attached hydrogens (tertiary/aromatic N) is 4. The van der Waals surface area contributed by atoms with Gasteiger partial charge in [0.1, 0.15) is 47.8 Å². The number of rotatable bonds is 33. The highest BCUT2D eigenvalue weighted by molar-refractivity contribution is 6.40. The van der Waals surface area contributed by atoms with E-state index < -0.39 is 139 Å². The van der Waals surface area contributed by atoms with Gasteiger partial charge < -0.3 is 92.1 Å². The molecule has 29 nitrogen and oxygen atoms in total. The maximum absolute atomic E-state index is 15.2. The molecule has 73 heavy (non-hydrogen) atoms. The number of guanidine groups is 1. The fraction of sp³-hybridized carbons (Fsp3) is 0.628. The number of aromatic nitrogens is 2. The smallest absolute Gasteiger partial charge is 0.352 e. The number of halogens is 1. The molecule has 0 aromatic carbocycles. The van der Waals surface area contributed by atoms with Crippen LogP contribution in [-0.2, 0) is 49.6 Å². The topological polar surface area (TPSA) is 505 Å². The quantitative estimate of drug-likeness (QED) is 0.0135. The zero-order valence-corrected chi connectivity index (χ0v) is 40.9. The van der Waals surface area contributed by atoms with Crippen molar-refractivity contribution in [2.24, 2.45) is 50.1 Å². The molecule has 408 valence electrons. The largest absolute Gasteiger partial charge is 0.477 e. The van der Waals surface area contributed by atoms with Crippen LogP contribution in [0.25, 0.3) is 0 Å². The zero-order valence-electron chi connectivity index (χ0n) is 40.9. The number of hydrogen-bond donors (Lipinski definition) is 16. The Labute approximate surface area is 420 Å². The van der Waals surface area contributed by atoms with Crippen LogP contribution in [0.3, 0.4) is 0 Å². The number of aromatic amines is 1. The average Bonchev–Trinajstić information content (AvgIpc) is 4.02. The van der Waals surface area contributed by atoms with E-state index in [1.807, 2.05) is 0 Å². The van der Waals surface area contributed by atoms with Gasteiger partial charge in [0.05, 0.1) is 31.6 Å². The van der Waals surface area contributed by atoms with Crippen LogP contribution in [0.4, 0.5) is 4.39 Å². The number of H-pyrrole nitrogens is 1. The number of hydrogen-bond acceptors (Lipinski definition) is 17. The van der Waals surface area contributed by atoms with E-state index >= 15 is 4.39 Å². The van der Waals surface area contributed by atoms with Crippen LogP contribution >= 0.6 is 0 Å². The minimum Gasteiger partial charge on any atom is -0.477 e. The Hall–Kier alpha value is -6.99. The second-order valence-corrected chi connectivity index (χ2v) is 17.0. The van der Waals surface area contributed by atoms with Crippen LogP contribution in [0.5, 0.6) is 0 Å². The first kappa shape index (κ1) is 62.1. The fourth-order valence-corrected chi connectivity index (χ4v) is 7.09. The minimum absolute atomic E-state index is 0.00792. The van der Waals surface area contributed by atoms with Crippen molar-refractivity contribution in [2.45, 2.75) is 126 Å². The third-order valence-electron chi connectivity index (χ3n) is 11.1. The Morgan fingerprint density at radius 3 is 2.15 bits per heavy atom. The Morgan fingerprint density at radius 2 is 1.55 bits per heavy atom. The maximum Gasteiger partial charge on any atom is 0.352 e. The highest BCUT2D eigenvalue weighted by atomic mass is 19.1. The van der Waals surface area contributed by atoms with Gasteiger partial charge in [0.15, 0.2) is 5.96 Å². The van der Waals surface area contributed by atoms with Crippen molar-refractivity contribution in [1.29, 1.82) is 0 Å². The summed E-state index contributed by atoms with van der Waals surface area (Å²) >= 11 is 0. The van der Waals surface area contributed by atoms with Gasteiger partial charge in [-0.25, -0.2) is 19.2 Å². The SMILES string of the molecule is C[C@H](NC(=O)[C@@H](NC(=O)[C@@H](N)CCCCN)[C@@H](O)CN)C(=O)NCC(=O)N=C(CCCN)C(=O)N1C[C@H](F)C[C@H]1C(=O)N[C@@H](Cc1cnc[nH]1)C(=O)N[C@@H](CCCCN)C(=O)N/C(=C\CCN=C(N)N)C(=O)O. The third kappa shape index (κ3) is 22.1. The van der Waals surface area contributed by atoms with Crippen molar-refractivity contribution in [1.82, 2.24) is 46.8 Å². The number of carboxylic acids is 1. The monoisotopic (exact) mass is 1040 g/mol. The number of carboxylic acid groups (broad SMARTS) is 1. The van der Waals surface area contributed by atoms with Crippen LogP contribution in [-0.4, -0.2) is 184 Å². The first-order valence-corrected chi connectivity index (χ1v) is 23.7. The van der Waals surface area contributed by atoms with Gasteiger partial charge in [-0.15, -0.1) is 0 Å². The molecule has 2 heterocycles. The molecule has 30 heteroatoms. The molecule has 23 N–H and O–H groups in total. The Balaban J connectivity index is 2.28. The van der Waals surface area contributed by atoms with E-state index in [1.54, 1.807) is 0 Å². The number of carbonyl (C=O) groups excluding carboxylic acids is 8. The van der Waals surface area contributed by atoms with Crippen LogP contribution in [0, 0.1) is 0 Å². The molecular weight excluding hydrogens is 964 g/mol. The van der Waals surface area contributed by atoms with Crippen molar-refractivity contribution in [3.63, 3.8) is 0 Å². The summed E-state index contributed by atoms with van der Waals surface area (Å²) < 4.78 is 15.2. The first-order chi connectivity index (χ1) is 34.7. The van der Waals surface area contributed by atoms with Gasteiger partial charge in [-0.05, 0) is 77.9 Å². The van der Waals surface area contributed by atoms with E-state index in [4.69, 9.17) is 40.1 Å². The summed E-state index contributed by atoms with van der Waals surface area (Å²) in [6.07, 6.45) is 1.80. The number of imidazole rings is 1. The van der Waals surface area contributed by atoms with E-state index in [1.165, 1.54) is 25.5 Å². The molecule has 1 fully saturated rings. The standard InChI is InChI=1S/C43H73FN18O11/c1-23(56-40(70)34(32(63)18-48)61-36(66)26(49)8-2-4-12-45)35(65)54-20-33(64)57-28(10-6-14-47)41(71)62-21-24(44)16-31(62)39(69)60-30(17-25-19-52-22-55-25)38(68)58-27(9-3-5-13-46)37(67)59-29(42(72)73)11-7-15-53-43(50)51/h11,19,22-24,26-27,30-32,34,63H,2-10,12-18,20-21,45-49H2,1H3,(H,52,55)(H,54,65)(H,56,70)(H,58,68)(H,59,67)(H,60,69)(H,61,66)(H,72,73)(H4,50,51,53)/b29-11-,57-28?/t23-,24+,26-,27-,30-,31-,32-,34-/m0/s1. The minimum atomic E-state index is -1.74. The number of nitrogens with two attached hydrogens (primary N) is 7. The zero-order chi connectivity index (χ0) is 54.6. The number of aliphatic hydroxyl groups is 1. The predicted octanol–water partition coefficient (Wildman–Crippen LogP) is -6.67. The molecule has 1 aromatic rings. The Morgan fingerprint density at radius 1 is 0.877 bits per heavy atom. The first-order valence-electron chi connectivity index (χ1n) is 23.7. The molecular formula is C43H73FN18O11. The van der Waals surface area contributed by atoms with E-state index in [9.17, 15) is 53.4 Å². The molecule has 2 rings (SSSR count). The maximum atomic E-state index is 15.2. The summed E-state index contributed by atoms with van der Waals surface area (Å²) in [7, 11) is 0. The van der Waals surface area contributed by atoms with Crippen LogP contribution in [0.1, 0.15) is 76.8 Å². The normalized spacial score (nSPS) is 17.2. The van der Waals surface area contributed by atoms with E-state index in [0.29, 0.717) is 37.9 Å². The molecule has 0 aliphatic carbocycles. The van der Waals surface area contributed by atoms with E-state index in [-0.39, 0.29) is 64.1 Å². The van der Waals surface area contributed by atoms with Gasteiger partial charge in [0.25, 0.3) is 11.8 Å². The molecule has 1 aromatic heterocycles. The molecule has 0 radical (unpaired) electrons. The lowest BCUT2D eigenvalue weighted by Gasteiger charge is -2.27. The molecule has 0 unspecified atom stereocenters. The molecule has 1 saturated heterocycles. The highest BCUT2D eigenvalue weighted by Gasteiger charge is 2.42. The highest BCUT2D eigenvalue weighted by Crippen LogP contribution is 2.22. The van der Waals surface area contributed by atoms with Crippen molar-refractivity contribution in [3.05, 3.63) is 30.0 Å². The molecule has 8 atom stereocenters. The van der Waals surface area contributed by atoms with E-state index in [0.717, 1.165) is 4.90 Å². The Kier molecular flexibility index (Phi) is 28.0. The lowest BCUT2D eigenvalue weighted by molar-refractivity contribution is -0.137. The summed E-state index contributed by atoms with van der Waals surface area (Å²) in [6.45, 7) is 0.0354. The number of aliphatic carboxylic acids is 1. The van der Waals surface area contributed by atoms with Crippen molar-refractivity contribution in [3.8, 4) is 0 Å². The number of alkyl halides is 1. The molecule has 1 aliphatic heterocycles. The number of amides is 8. The summed E-state index contributed by atoms with van der Waals surface area (Å²) in [6, 6.07) is -8.37. The molecule has 0 saturated carbocycles. The van der Waals surface area contributed by atoms with Gasteiger partial charge in [-0.1, -0.05) is 12.5 Å². The summed E-state index contributed by atoms with van der Waals surface area (Å²) in [5, 5.41) is 34.4. The number of aliphatic imine (C=N–C) groups is 2. The summed E-state index contributed by atoms with van der Waals surface area (Å²) in [5.74, 6) is -9.28.